The molecule has 0 aliphatic rings. The topological polar surface area (TPSA) is 81.0 Å². The lowest BCUT2D eigenvalue weighted by atomic mass is 10.2. The van der Waals surface area contributed by atoms with Crippen molar-refractivity contribution in [3.63, 3.8) is 0 Å². The van der Waals surface area contributed by atoms with Crippen LogP contribution in [0, 0.1) is 0 Å². The number of oxime groups is 1. The lowest BCUT2D eigenvalue weighted by Crippen LogP contribution is -2.13. The zero-order valence-corrected chi connectivity index (χ0v) is 9.60. The van der Waals surface area contributed by atoms with E-state index in [1.165, 1.54) is 0 Å². The highest BCUT2D eigenvalue weighted by atomic mass is 19.1. The number of para-hydroxylation sites is 1. The van der Waals surface area contributed by atoms with E-state index in [4.69, 9.17) is 20.1 Å². The minimum Gasteiger partial charge on any atom is -0.489 e. The molecule has 0 fully saturated rings. The molecule has 0 bridgehead atoms. The highest BCUT2D eigenvalue weighted by Crippen LogP contribution is 2.32. The molecule has 18 heavy (non-hydrogen) atoms. The van der Waals surface area contributed by atoms with Crippen LogP contribution in [-0.2, 0) is 0 Å². The van der Waals surface area contributed by atoms with Crippen molar-refractivity contribution >= 4 is 16.8 Å². The van der Waals surface area contributed by atoms with E-state index in [2.05, 4.69) is 5.16 Å². The number of rotatable bonds is 5. The number of furan rings is 1. The van der Waals surface area contributed by atoms with Gasteiger partial charge in [0.15, 0.2) is 5.75 Å². The summed E-state index contributed by atoms with van der Waals surface area (Å²) >= 11 is 0. The Hall–Kier alpha value is -2.24. The zero-order valence-electron chi connectivity index (χ0n) is 9.60. The van der Waals surface area contributed by atoms with Crippen LogP contribution in [0.3, 0.4) is 0 Å². The lowest BCUT2D eigenvalue weighted by Gasteiger charge is -2.04. The summed E-state index contributed by atoms with van der Waals surface area (Å²) in [5.41, 5.74) is 6.08. The molecule has 2 aromatic rings. The predicted molar refractivity (Wildman–Crippen MR) is 64.8 cm³/mol. The van der Waals surface area contributed by atoms with Gasteiger partial charge in [0.1, 0.15) is 5.58 Å². The van der Waals surface area contributed by atoms with E-state index in [0.717, 1.165) is 0 Å². The van der Waals surface area contributed by atoms with Crippen molar-refractivity contribution in [3.8, 4) is 5.75 Å². The van der Waals surface area contributed by atoms with Crippen LogP contribution in [0.4, 0.5) is 4.39 Å². The maximum atomic E-state index is 12.1. The molecular formula is C12H13FN2O3. The number of amidine groups is 1. The van der Waals surface area contributed by atoms with Crippen LogP contribution in [-0.4, -0.2) is 24.3 Å². The van der Waals surface area contributed by atoms with Gasteiger partial charge in [-0.25, -0.2) is 0 Å². The summed E-state index contributed by atoms with van der Waals surface area (Å²) in [6.07, 6.45) is 0.273. The molecule has 3 N–H and O–H groups in total. The molecule has 1 aromatic heterocycles. The largest absolute Gasteiger partial charge is 0.489 e. The van der Waals surface area contributed by atoms with Crippen molar-refractivity contribution in [2.45, 2.75) is 6.42 Å². The highest BCUT2D eigenvalue weighted by molar-refractivity contribution is 6.03. The quantitative estimate of drug-likeness (QED) is 0.281. The van der Waals surface area contributed by atoms with E-state index in [1.807, 2.05) is 6.07 Å². The second-order valence-electron chi connectivity index (χ2n) is 3.63. The van der Waals surface area contributed by atoms with Crippen LogP contribution in [0.1, 0.15) is 12.2 Å². The minimum absolute atomic E-state index is 0.151. The van der Waals surface area contributed by atoms with Crippen molar-refractivity contribution in [2.75, 3.05) is 13.3 Å². The Bertz CT molecular complexity index is 565. The third-order valence-corrected chi connectivity index (χ3v) is 2.41. The molecule has 0 saturated carbocycles. The Morgan fingerprint density at radius 3 is 2.94 bits per heavy atom. The van der Waals surface area contributed by atoms with Gasteiger partial charge in [-0.05, 0) is 12.1 Å². The van der Waals surface area contributed by atoms with Gasteiger partial charge in [-0.1, -0.05) is 17.3 Å². The Morgan fingerprint density at radius 2 is 2.22 bits per heavy atom. The number of alkyl halides is 1. The fourth-order valence-electron chi connectivity index (χ4n) is 1.61. The summed E-state index contributed by atoms with van der Waals surface area (Å²) < 4.78 is 23.0. The Kier molecular flexibility index (Phi) is 3.66. The number of hydrogen-bond acceptors (Lipinski definition) is 4. The Labute approximate surface area is 103 Å². The van der Waals surface area contributed by atoms with Crippen molar-refractivity contribution in [3.05, 3.63) is 30.0 Å². The lowest BCUT2D eigenvalue weighted by molar-refractivity contribution is 0.286. The van der Waals surface area contributed by atoms with Crippen molar-refractivity contribution in [1.82, 2.24) is 0 Å². The average Bonchev–Trinajstić information content (AvgIpc) is 2.77. The van der Waals surface area contributed by atoms with Crippen molar-refractivity contribution < 1.29 is 18.8 Å². The van der Waals surface area contributed by atoms with Gasteiger partial charge in [0.05, 0.1) is 18.7 Å². The Morgan fingerprint density at radius 1 is 1.44 bits per heavy atom. The number of nitrogens with zero attached hydrogens (tertiary/aromatic N) is 1. The zero-order chi connectivity index (χ0) is 13.0. The molecule has 1 heterocycles. The molecule has 0 atom stereocenters. The SMILES string of the molecule is N/C(=N/O)c1oc2ccccc2c1OCCCF. The molecule has 0 amide bonds. The molecule has 0 radical (unpaired) electrons. The number of nitrogens with two attached hydrogens (primary N) is 1. The second kappa shape index (κ2) is 5.39. The number of hydrogen-bond donors (Lipinski definition) is 2. The standard InChI is InChI=1S/C12H13FN2O3/c13-6-3-7-17-10-8-4-1-2-5-9(8)18-11(10)12(14)15-16/h1-2,4-5,16H,3,6-7H2,(H2,14,15). The summed E-state index contributed by atoms with van der Waals surface area (Å²) in [7, 11) is 0. The second-order valence-corrected chi connectivity index (χ2v) is 3.63. The first-order chi connectivity index (χ1) is 8.77. The van der Waals surface area contributed by atoms with Gasteiger partial charge in [-0.2, -0.15) is 0 Å². The van der Waals surface area contributed by atoms with Gasteiger partial charge in [0.25, 0.3) is 0 Å². The van der Waals surface area contributed by atoms with Gasteiger partial charge in [0.2, 0.25) is 11.6 Å². The molecule has 0 unspecified atom stereocenters. The Balaban J connectivity index is 2.44. The maximum absolute atomic E-state index is 12.1. The maximum Gasteiger partial charge on any atom is 0.215 e. The van der Waals surface area contributed by atoms with E-state index in [9.17, 15) is 4.39 Å². The highest BCUT2D eigenvalue weighted by Gasteiger charge is 2.18. The van der Waals surface area contributed by atoms with Gasteiger partial charge >= 0.3 is 0 Å². The van der Waals surface area contributed by atoms with E-state index in [0.29, 0.717) is 16.7 Å². The smallest absolute Gasteiger partial charge is 0.215 e. The predicted octanol–water partition coefficient (Wildman–Crippen LogP) is 2.27. The summed E-state index contributed by atoms with van der Waals surface area (Å²) in [5, 5.41) is 12.3. The van der Waals surface area contributed by atoms with E-state index in [-0.39, 0.29) is 24.6 Å². The summed E-state index contributed by atoms with van der Waals surface area (Å²) in [6, 6.07) is 7.15. The third kappa shape index (κ3) is 2.22. The number of benzene rings is 1. The average molecular weight is 252 g/mol. The van der Waals surface area contributed by atoms with Gasteiger partial charge < -0.3 is 20.1 Å². The third-order valence-electron chi connectivity index (χ3n) is 2.41. The van der Waals surface area contributed by atoms with Crippen molar-refractivity contribution in [2.24, 2.45) is 10.9 Å². The summed E-state index contributed by atoms with van der Waals surface area (Å²) in [6.45, 7) is -0.263. The van der Waals surface area contributed by atoms with Crippen molar-refractivity contribution in [1.29, 1.82) is 0 Å². The summed E-state index contributed by atoms with van der Waals surface area (Å²) in [5.74, 6) is 0.341. The first kappa shape index (κ1) is 12.2. The van der Waals surface area contributed by atoms with Crippen LogP contribution in [0.2, 0.25) is 0 Å². The fraction of sp³-hybridized carbons (Fsp3) is 0.250. The molecule has 0 saturated heterocycles. The van der Waals surface area contributed by atoms with Crippen LogP contribution >= 0.6 is 0 Å². The fourth-order valence-corrected chi connectivity index (χ4v) is 1.61. The number of halogens is 1. The molecule has 5 nitrogen and oxygen atoms in total. The molecule has 0 aliphatic heterocycles. The molecule has 96 valence electrons. The van der Waals surface area contributed by atoms with E-state index >= 15 is 0 Å². The minimum atomic E-state index is -0.464. The van der Waals surface area contributed by atoms with Crippen LogP contribution in [0.15, 0.2) is 33.8 Å². The van der Waals surface area contributed by atoms with Crippen LogP contribution in [0.5, 0.6) is 5.75 Å². The molecule has 2 rings (SSSR count). The summed E-state index contributed by atoms with van der Waals surface area (Å²) in [4.78, 5) is 0. The molecule has 0 spiro atoms. The van der Waals surface area contributed by atoms with E-state index in [1.54, 1.807) is 18.2 Å². The normalized spacial score (nSPS) is 11.9. The van der Waals surface area contributed by atoms with Gasteiger partial charge in [-0.3, -0.25) is 4.39 Å². The van der Waals surface area contributed by atoms with Crippen LogP contribution in [0.25, 0.3) is 11.0 Å². The molecule has 1 aromatic carbocycles. The first-order valence-corrected chi connectivity index (χ1v) is 5.46. The van der Waals surface area contributed by atoms with Gasteiger partial charge in [-0.15, -0.1) is 0 Å². The monoisotopic (exact) mass is 252 g/mol. The first-order valence-electron chi connectivity index (χ1n) is 5.46. The number of fused-ring (bicyclic) bond motifs is 1. The molecule has 6 heteroatoms. The van der Waals surface area contributed by atoms with Gasteiger partial charge in [0, 0.05) is 6.42 Å². The number of ether oxygens (including phenoxy) is 1. The molecular weight excluding hydrogens is 239 g/mol. The van der Waals surface area contributed by atoms with Crippen LogP contribution < -0.4 is 10.5 Å². The van der Waals surface area contributed by atoms with E-state index < -0.39 is 6.67 Å². The molecule has 0 aliphatic carbocycles.